The van der Waals surface area contributed by atoms with Crippen molar-refractivity contribution in [3.63, 3.8) is 0 Å². The predicted octanol–water partition coefficient (Wildman–Crippen LogP) is 1.81. The lowest BCUT2D eigenvalue weighted by atomic mass is 10.3. The fourth-order valence-electron chi connectivity index (χ4n) is 2.16. The van der Waals surface area contributed by atoms with E-state index in [1.54, 1.807) is 14.0 Å². The number of rotatable bonds is 6. The highest BCUT2D eigenvalue weighted by atomic mass is 32.2. The van der Waals surface area contributed by atoms with Crippen LogP contribution in [0.25, 0.3) is 0 Å². The van der Waals surface area contributed by atoms with Crippen molar-refractivity contribution >= 4 is 21.4 Å². The predicted molar refractivity (Wildman–Crippen MR) is 75.2 cm³/mol. The van der Waals surface area contributed by atoms with Gasteiger partial charge < -0.3 is 5.32 Å². The van der Waals surface area contributed by atoms with Gasteiger partial charge in [0.05, 0.1) is 9.82 Å². The molecule has 1 saturated carbocycles. The van der Waals surface area contributed by atoms with Gasteiger partial charge in [-0.2, -0.15) is 4.31 Å². The number of nitrogens with zero attached hydrogens (tertiary/aromatic N) is 2. The molecule has 0 heterocycles. The van der Waals surface area contributed by atoms with E-state index >= 15 is 0 Å². The monoisotopic (exact) mass is 299 g/mol. The normalized spacial score (nSPS) is 15.3. The van der Waals surface area contributed by atoms with Crippen molar-refractivity contribution < 1.29 is 13.3 Å². The number of nitrogens with one attached hydrogen (secondary N) is 1. The molecule has 0 aromatic heterocycles. The van der Waals surface area contributed by atoms with Gasteiger partial charge in [0, 0.05) is 25.7 Å². The highest BCUT2D eigenvalue weighted by molar-refractivity contribution is 7.89. The lowest BCUT2D eigenvalue weighted by Gasteiger charge is -2.20. The van der Waals surface area contributed by atoms with E-state index in [1.807, 2.05) is 0 Å². The molecular formula is C12H17N3O4S. The molecule has 1 aliphatic carbocycles. The van der Waals surface area contributed by atoms with Gasteiger partial charge in [-0.05, 0) is 25.0 Å². The first-order valence-electron chi connectivity index (χ1n) is 6.39. The summed E-state index contributed by atoms with van der Waals surface area (Å²) in [6.45, 7) is 2.14. The Hall–Kier alpha value is -1.67. The number of sulfonamides is 1. The summed E-state index contributed by atoms with van der Waals surface area (Å²) in [5, 5.41) is 13.7. The zero-order chi connectivity index (χ0) is 14.9. The Morgan fingerprint density at radius 2 is 2.10 bits per heavy atom. The highest BCUT2D eigenvalue weighted by Crippen LogP contribution is 2.34. The summed E-state index contributed by atoms with van der Waals surface area (Å²) in [5.74, 6) is 0. The van der Waals surface area contributed by atoms with Gasteiger partial charge in [-0.3, -0.25) is 10.1 Å². The largest absolute Gasteiger partial charge is 0.383 e. The summed E-state index contributed by atoms with van der Waals surface area (Å²) < 4.78 is 26.4. The van der Waals surface area contributed by atoms with Gasteiger partial charge in [-0.1, -0.05) is 6.92 Å². The fraction of sp³-hybridized carbons (Fsp3) is 0.500. The molecule has 0 bridgehead atoms. The van der Waals surface area contributed by atoms with Crippen LogP contribution < -0.4 is 5.32 Å². The molecule has 110 valence electrons. The maximum absolute atomic E-state index is 12.5. The topological polar surface area (TPSA) is 92.6 Å². The minimum Gasteiger partial charge on any atom is -0.383 e. The average Bonchev–Trinajstić information content (AvgIpc) is 3.22. The van der Waals surface area contributed by atoms with Crippen LogP contribution in [-0.4, -0.2) is 37.3 Å². The van der Waals surface area contributed by atoms with Crippen molar-refractivity contribution in [3.05, 3.63) is 28.3 Å². The van der Waals surface area contributed by atoms with Crippen molar-refractivity contribution in [3.8, 4) is 0 Å². The minimum atomic E-state index is -3.67. The third kappa shape index (κ3) is 2.61. The molecule has 0 aliphatic heterocycles. The van der Waals surface area contributed by atoms with Gasteiger partial charge in [-0.25, -0.2) is 8.42 Å². The van der Waals surface area contributed by atoms with Crippen LogP contribution in [0.2, 0.25) is 0 Å². The molecule has 1 fully saturated rings. The summed E-state index contributed by atoms with van der Waals surface area (Å²) >= 11 is 0. The third-order valence-electron chi connectivity index (χ3n) is 3.31. The summed E-state index contributed by atoms with van der Waals surface area (Å²) in [6, 6.07) is 3.98. The maximum atomic E-state index is 12.5. The number of benzene rings is 1. The molecule has 1 N–H and O–H groups in total. The van der Waals surface area contributed by atoms with Crippen molar-refractivity contribution in [1.29, 1.82) is 0 Å². The maximum Gasteiger partial charge on any atom is 0.293 e. The van der Waals surface area contributed by atoms with Crippen LogP contribution in [0.4, 0.5) is 11.4 Å². The molecule has 20 heavy (non-hydrogen) atoms. The molecule has 7 nitrogen and oxygen atoms in total. The van der Waals surface area contributed by atoms with Crippen LogP contribution in [0.15, 0.2) is 23.1 Å². The Kier molecular flexibility index (Phi) is 3.96. The van der Waals surface area contributed by atoms with Crippen molar-refractivity contribution in [1.82, 2.24) is 4.31 Å². The molecular weight excluding hydrogens is 282 g/mol. The molecule has 2 rings (SSSR count). The number of nitro benzene ring substituents is 1. The van der Waals surface area contributed by atoms with Gasteiger partial charge in [0.25, 0.3) is 5.69 Å². The molecule has 0 amide bonds. The third-order valence-corrected chi connectivity index (χ3v) is 5.33. The Labute approximate surface area is 117 Å². The zero-order valence-corrected chi connectivity index (χ0v) is 12.2. The second kappa shape index (κ2) is 5.37. The Bertz CT molecular complexity index is 626. The number of nitro groups is 1. The molecule has 0 radical (unpaired) electrons. The van der Waals surface area contributed by atoms with Crippen LogP contribution in [0, 0.1) is 10.1 Å². The van der Waals surface area contributed by atoms with Crippen molar-refractivity contribution in [2.45, 2.75) is 30.7 Å². The van der Waals surface area contributed by atoms with Crippen LogP contribution in [0.5, 0.6) is 0 Å². The zero-order valence-electron chi connectivity index (χ0n) is 11.4. The van der Waals surface area contributed by atoms with Crippen LogP contribution in [-0.2, 0) is 10.0 Å². The number of hydrogen-bond acceptors (Lipinski definition) is 5. The summed E-state index contributed by atoms with van der Waals surface area (Å²) in [6.07, 6.45) is 1.70. The number of hydrogen-bond donors (Lipinski definition) is 1. The standard InChI is InChI=1S/C12H17N3O4S/c1-3-14(9-4-5-9)20(18,19)10-6-7-11(13-2)12(8-10)15(16)17/h6-9,13H,3-5H2,1-2H3. The van der Waals surface area contributed by atoms with Gasteiger partial charge in [0.1, 0.15) is 5.69 Å². The molecule has 0 saturated heterocycles. The summed E-state index contributed by atoms with van der Waals surface area (Å²) in [5.41, 5.74) is 0.0591. The van der Waals surface area contributed by atoms with Crippen LogP contribution in [0.3, 0.4) is 0 Å². The first kappa shape index (κ1) is 14.7. The quantitative estimate of drug-likeness (QED) is 0.638. The first-order chi connectivity index (χ1) is 9.41. The average molecular weight is 299 g/mol. The molecule has 0 spiro atoms. The van der Waals surface area contributed by atoms with Crippen molar-refractivity contribution in [2.75, 3.05) is 18.9 Å². The molecule has 1 aromatic rings. The SMILES string of the molecule is CCN(C1CC1)S(=O)(=O)c1ccc(NC)c([N+](=O)[O-])c1. The van der Waals surface area contributed by atoms with Gasteiger partial charge in [0.2, 0.25) is 10.0 Å². The summed E-state index contributed by atoms with van der Waals surface area (Å²) in [7, 11) is -2.11. The second-order valence-corrected chi connectivity index (χ2v) is 6.52. The fourth-order valence-corrected chi connectivity index (χ4v) is 3.87. The molecule has 1 aliphatic rings. The van der Waals surface area contributed by atoms with E-state index in [0.29, 0.717) is 12.2 Å². The van der Waals surface area contributed by atoms with E-state index in [1.165, 1.54) is 16.4 Å². The van der Waals surface area contributed by atoms with Gasteiger partial charge in [-0.15, -0.1) is 0 Å². The van der Waals surface area contributed by atoms with E-state index in [0.717, 1.165) is 18.9 Å². The molecule has 1 aromatic carbocycles. The molecule has 0 atom stereocenters. The van der Waals surface area contributed by atoms with E-state index in [-0.39, 0.29) is 16.6 Å². The Morgan fingerprint density at radius 3 is 2.55 bits per heavy atom. The summed E-state index contributed by atoms with van der Waals surface area (Å²) in [4.78, 5) is 10.4. The lowest BCUT2D eigenvalue weighted by molar-refractivity contribution is -0.384. The van der Waals surface area contributed by atoms with Gasteiger partial charge in [0.15, 0.2) is 0 Å². The Balaban J connectivity index is 2.46. The van der Waals surface area contributed by atoms with Crippen LogP contribution in [0.1, 0.15) is 19.8 Å². The first-order valence-corrected chi connectivity index (χ1v) is 7.83. The van der Waals surface area contributed by atoms with Crippen molar-refractivity contribution in [2.24, 2.45) is 0 Å². The molecule has 8 heteroatoms. The highest BCUT2D eigenvalue weighted by Gasteiger charge is 2.37. The van der Waals surface area contributed by atoms with E-state index in [4.69, 9.17) is 0 Å². The van der Waals surface area contributed by atoms with Crippen LogP contribution >= 0.6 is 0 Å². The lowest BCUT2D eigenvalue weighted by Crippen LogP contribution is -2.32. The number of anilines is 1. The second-order valence-electron chi connectivity index (χ2n) is 4.63. The van der Waals surface area contributed by atoms with E-state index < -0.39 is 14.9 Å². The molecule has 0 unspecified atom stereocenters. The van der Waals surface area contributed by atoms with E-state index in [9.17, 15) is 18.5 Å². The Morgan fingerprint density at radius 1 is 1.45 bits per heavy atom. The smallest absolute Gasteiger partial charge is 0.293 e. The van der Waals surface area contributed by atoms with E-state index in [2.05, 4.69) is 5.32 Å². The minimum absolute atomic E-state index is 0.0306. The van der Waals surface area contributed by atoms with Gasteiger partial charge >= 0.3 is 0 Å².